The van der Waals surface area contributed by atoms with Crippen LogP contribution in [0.2, 0.25) is 0 Å². The van der Waals surface area contributed by atoms with E-state index < -0.39 is 32.8 Å². The van der Waals surface area contributed by atoms with Crippen molar-refractivity contribution in [2.45, 2.75) is 36.6 Å². The number of nitrogens with zero attached hydrogens (tertiary/aromatic N) is 2. The van der Waals surface area contributed by atoms with Gasteiger partial charge in [0.2, 0.25) is 10.0 Å². The van der Waals surface area contributed by atoms with Gasteiger partial charge in [-0.05, 0) is 49.2 Å². The van der Waals surface area contributed by atoms with Gasteiger partial charge in [0.1, 0.15) is 6.61 Å². The van der Waals surface area contributed by atoms with Crippen molar-refractivity contribution in [1.82, 2.24) is 4.31 Å². The van der Waals surface area contributed by atoms with Crippen LogP contribution >= 0.6 is 0 Å². The van der Waals surface area contributed by atoms with Crippen LogP contribution in [0.4, 0.5) is 29.3 Å². The number of nitrogens with two attached hydrogens (primary N) is 1. The van der Waals surface area contributed by atoms with Crippen LogP contribution in [0.1, 0.15) is 24.0 Å². The Labute approximate surface area is 177 Å². The van der Waals surface area contributed by atoms with Gasteiger partial charge in [-0.2, -0.15) is 17.5 Å². The summed E-state index contributed by atoms with van der Waals surface area (Å²) >= 11 is 0. The van der Waals surface area contributed by atoms with Crippen LogP contribution in [-0.4, -0.2) is 37.9 Å². The predicted molar refractivity (Wildman–Crippen MR) is 107 cm³/mol. The Morgan fingerprint density at radius 2 is 1.77 bits per heavy atom. The van der Waals surface area contributed by atoms with Crippen molar-refractivity contribution in [2.75, 3.05) is 23.7 Å². The number of benzene rings is 2. The first-order chi connectivity index (χ1) is 14.6. The molecule has 0 unspecified atom stereocenters. The molecule has 0 bridgehead atoms. The van der Waals surface area contributed by atoms with Crippen LogP contribution in [0.3, 0.4) is 0 Å². The monoisotopic (exact) mass is 455 g/mol. The Morgan fingerprint density at radius 3 is 2.45 bits per heavy atom. The number of alkyl halides is 3. The highest BCUT2D eigenvalue weighted by Gasteiger charge is 2.38. The molecule has 0 spiro atoms. The number of nitrogen functional groups attached to an aromatic ring is 1. The van der Waals surface area contributed by atoms with E-state index in [1.165, 1.54) is 4.90 Å². The highest BCUT2D eigenvalue weighted by molar-refractivity contribution is 7.89. The fraction of sp³-hybridized carbons (Fsp3) is 0.350. The quantitative estimate of drug-likeness (QED) is 0.714. The number of hydrogen-bond acceptors (Lipinski definition) is 5. The fourth-order valence-electron chi connectivity index (χ4n) is 3.93. The average molecular weight is 455 g/mol. The minimum Gasteiger partial charge on any atom is -0.444 e. The molecule has 166 valence electrons. The first-order valence-corrected chi connectivity index (χ1v) is 11.0. The number of amides is 1. The van der Waals surface area contributed by atoms with E-state index in [1.807, 2.05) is 0 Å². The van der Waals surface area contributed by atoms with E-state index in [4.69, 9.17) is 10.5 Å². The van der Waals surface area contributed by atoms with Crippen molar-refractivity contribution in [1.29, 1.82) is 0 Å². The summed E-state index contributed by atoms with van der Waals surface area (Å²) in [5.41, 5.74) is 6.75. The molecule has 2 aromatic rings. The molecule has 2 aliphatic rings. The van der Waals surface area contributed by atoms with Crippen LogP contribution < -0.4 is 10.6 Å². The van der Waals surface area contributed by atoms with E-state index in [2.05, 4.69) is 0 Å². The zero-order chi connectivity index (χ0) is 22.4. The van der Waals surface area contributed by atoms with E-state index in [-0.39, 0.29) is 25.7 Å². The maximum atomic E-state index is 13.0. The second kappa shape index (κ2) is 7.72. The lowest BCUT2D eigenvalue weighted by Crippen LogP contribution is -2.50. The molecule has 31 heavy (non-hydrogen) atoms. The maximum absolute atomic E-state index is 13.0. The zero-order valence-electron chi connectivity index (χ0n) is 16.3. The molecular formula is C20H20F3N3O4S. The van der Waals surface area contributed by atoms with Gasteiger partial charge in [-0.25, -0.2) is 13.2 Å². The summed E-state index contributed by atoms with van der Waals surface area (Å²) in [7, 11) is -4.10. The number of sulfonamides is 1. The van der Waals surface area contributed by atoms with Crippen molar-refractivity contribution < 1.29 is 31.1 Å². The third-order valence-corrected chi connectivity index (χ3v) is 7.39. The van der Waals surface area contributed by atoms with Crippen LogP contribution in [0.5, 0.6) is 0 Å². The number of anilines is 2. The molecule has 11 heteroatoms. The minimum absolute atomic E-state index is 0.0668. The molecule has 2 aliphatic heterocycles. The highest BCUT2D eigenvalue weighted by atomic mass is 32.2. The smallest absolute Gasteiger partial charge is 0.416 e. The molecule has 2 heterocycles. The first-order valence-electron chi connectivity index (χ1n) is 9.59. The molecular weight excluding hydrogens is 435 g/mol. The van der Waals surface area contributed by atoms with Gasteiger partial charge in [-0.15, -0.1) is 0 Å². The molecule has 1 saturated heterocycles. The number of carbonyl (C=O) groups excluding carboxylic acids is 1. The number of ether oxygens (including phenoxy) is 1. The van der Waals surface area contributed by atoms with Crippen LogP contribution in [0.25, 0.3) is 0 Å². The lowest BCUT2D eigenvalue weighted by atomic mass is 10.0. The first kappa shape index (κ1) is 21.4. The van der Waals surface area contributed by atoms with E-state index in [9.17, 15) is 26.4 Å². The Balaban J connectivity index is 1.52. The van der Waals surface area contributed by atoms with Gasteiger partial charge in [0, 0.05) is 30.4 Å². The number of carbonyl (C=O) groups is 1. The normalized spacial score (nSPS) is 18.5. The van der Waals surface area contributed by atoms with Gasteiger partial charge in [0.15, 0.2) is 0 Å². The number of hydrogen-bond donors (Lipinski definition) is 1. The largest absolute Gasteiger partial charge is 0.444 e. The lowest BCUT2D eigenvalue weighted by Gasteiger charge is -2.39. The van der Waals surface area contributed by atoms with Gasteiger partial charge < -0.3 is 10.5 Å². The molecule has 7 nitrogen and oxygen atoms in total. The molecule has 0 aliphatic carbocycles. The topological polar surface area (TPSA) is 92.9 Å². The van der Waals surface area contributed by atoms with Gasteiger partial charge in [0.25, 0.3) is 0 Å². The van der Waals surface area contributed by atoms with Crippen molar-refractivity contribution >= 4 is 27.5 Å². The van der Waals surface area contributed by atoms with E-state index >= 15 is 0 Å². The summed E-state index contributed by atoms with van der Waals surface area (Å²) in [6.07, 6.45) is -4.52. The number of cyclic esters (lactones) is 1. The van der Waals surface area contributed by atoms with Crippen LogP contribution in [-0.2, 0) is 27.5 Å². The summed E-state index contributed by atoms with van der Waals surface area (Å²) in [5.74, 6) is 0. The second-order valence-corrected chi connectivity index (χ2v) is 9.41. The Hall–Kier alpha value is -2.79. The molecule has 0 saturated carbocycles. The molecule has 4 rings (SSSR count). The molecule has 0 atom stereocenters. The van der Waals surface area contributed by atoms with Crippen molar-refractivity contribution in [3.05, 3.63) is 53.6 Å². The van der Waals surface area contributed by atoms with Crippen molar-refractivity contribution in [2.24, 2.45) is 0 Å². The second-order valence-electron chi connectivity index (χ2n) is 7.47. The minimum atomic E-state index is -4.63. The number of fused-ring (bicyclic) bond motifs is 1. The zero-order valence-corrected chi connectivity index (χ0v) is 17.1. The summed E-state index contributed by atoms with van der Waals surface area (Å²) in [4.78, 5) is 13.5. The molecule has 1 fully saturated rings. The summed E-state index contributed by atoms with van der Waals surface area (Å²) in [5, 5.41) is 0. The molecule has 1 amide bonds. The molecule has 2 N–H and O–H groups in total. The molecule has 2 aromatic carbocycles. The van der Waals surface area contributed by atoms with Crippen molar-refractivity contribution in [3.8, 4) is 0 Å². The number of piperidine rings is 1. The van der Waals surface area contributed by atoms with Gasteiger partial charge in [0.05, 0.1) is 16.1 Å². The van der Waals surface area contributed by atoms with Crippen LogP contribution in [0.15, 0.2) is 47.4 Å². The van der Waals surface area contributed by atoms with Crippen LogP contribution in [0, 0.1) is 0 Å². The van der Waals surface area contributed by atoms with Crippen molar-refractivity contribution in [3.63, 3.8) is 0 Å². The summed E-state index contributed by atoms with van der Waals surface area (Å²) < 4.78 is 71.1. The highest BCUT2D eigenvalue weighted by Crippen LogP contribution is 2.35. The number of halogens is 3. The summed E-state index contributed by atoms with van der Waals surface area (Å²) in [6, 6.07) is 8.54. The van der Waals surface area contributed by atoms with E-state index in [1.54, 1.807) is 18.2 Å². The summed E-state index contributed by atoms with van der Waals surface area (Å²) in [6.45, 7) is 0.243. The fourth-order valence-corrected chi connectivity index (χ4v) is 5.45. The van der Waals surface area contributed by atoms with E-state index in [0.29, 0.717) is 30.3 Å². The Kier molecular flexibility index (Phi) is 5.34. The molecule has 0 radical (unpaired) electrons. The predicted octanol–water partition coefficient (Wildman–Crippen LogP) is 3.60. The Morgan fingerprint density at radius 1 is 1.06 bits per heavy atom. The van der Waals surface area contributed by atoms with Gasteiger partial charge >= 0.3 is 12.3 Å². The SMILES string of the molecule is Nc1ccc2c(c1)COC(=O)N2C1CCN(S(=O)(=O)c2cccc(C(F)(F)F)c2)CC1. The lowest BCUT2D eigenvalue weighted by molar-refractivity contribution is -0.137. The molecule has 0 aromatic heterocycles. The van der Waals surface area contributed by atoms with Gasteiger partial charge in [-0.3, -0.25) is 4.90 Å². The van der Waals surface area contributed by atoms with E-state index in [0.717, 1.165) is 28.1 Å². The third kappa shape index (κ3) is 4.07. The number of rotatable bonds is 3. The average Bonchev–Trinajstić information content (AvgIpc) is 2.73. The third-order valence-electron chi connectivity index (χ3n) is 5.50. The Bertz CT molecular complexity index is 1110. The standard InChI is InChI=1S/C20H20F3N3O4S/c21-20(22,23)14-2-1-3-17(11-14)31(28,29)25-8-6-16(7-9-25)26-18-5-4-15(24)10-13(18)12-30-19(26)27/h1-5,10-11,16H,6-9,12,24H2. The van der Waals surface area contributed by atoms with Gasteiger partial charge in [-0.1, -0.05) is 6.07 Å². The maximum Gasteiger partial charge on any atom is 0.416 e.